The Balaban J connectivity index is 2.97. The normalized spacial score (nSPS) is 11.3. The topological polar surface area (TPSA) is 12.9 Å². The average Bonchev–Trinajstić information content (AvgIpc) is 2.06. The molecule has 0 amide bonds. The summed E-state index contributed by atoms with van der Waals surface area (Å²) in [6.45, 7) is 7.68. The maximum Gasteiger partial charge on any atom is 0.0373 e. The lowest BCUT2D eigenvalue weighted by Gasteiger charge is -1.99. The van der Waals surface area contributed by atoms with Gasteiger partial charge in [0.2, 0.25) is 0 Å². The van der Waals surface area contributed by atoms with E-state index in [4.69, 9.17) is 0 Å². The van der Waals surface area contributed by atoms with E-state index in [0.29, 0.717) is 0 Å². The number of aryl methyl sites for hydroxylation is 1. The molecule has 0 atom stereocenters. The van der Waals surface area contributed by atoms with Gasteiger partial charge in [0.25, 0.3) is 0 Å². The first-order valence-electron chi connectivity index (χ1n) is 3.96. The minimum Gasteiger partial charge on any atom is -0.261 e. The van der Waals surface area contributed by atoms with E-state index in [2.05, 4.69) is 17.6 Å². The third kappa shape index (κ3) is 2.06. The van der Waals surface area contributed by atoms with Gasteiger partial charge >= 0.3 is 0 Å². The van der Waals surface area contributed by atoms with Crippen molar-refractivity contribution in [3.63, 3.8) is 0 Å². The van der Waals surface area contributed by atoms with Crippen molar-refractivity contribution in [1.82, 2.24) is 4.98 Å². The number of hydrogen-bond donors (Lipinski definition) is 0. The van der Waals surface area contributed by atoms with E-state index in [9.17, 15) is 0 Å². The summed E-state index contributed by atoms with van der Waals surface area (Å²) in [4.78, 5) is 4.21. The van der Waals surface area contributed by atoms with E-state index >= 15 is 0 Å². The van der Waals surface area contributed by atoms with E-state index in [1.165, 1.54) is 5.57 Å². The zero-order valence-electron chi connectivity index (χ0n) is 7.54. The molecule has 1 aromatic rings. The molecule has 12 heavy (non-hydrogen) atoms. The van der Waals surface area contributed by atoms with Crippen molar-refractivity contribution in [3.8, 4) is 0 Å². The van der Waals surface area contributed by atoms with Crippen LogP contribution in [0.3, 0.4) is 0 Å². The highest BCUT2D eigenvalue weighted by Crippen LogP contribution is 2.11. The molecule has 0 spiro atoms. The number of pyridine rings is 1. The van der Waals surface area contributed by atoms with Crippen LogP contribution in [0, 0.1) is 6.92 Å². The molecule has 1 nitrogen and oxygen atoms in total. The Kier molecular flexibility index (Phi) is 2.81. The lowest BCUT2D eigenvalue weighted by atomic mass is 10.1. The van der Waals surface area contributed by atoms with Gasteiger partial charge in [-0.3, -0.25) is 4.98 Å². The Bertz CT molecular complexity index is 293. The van der Waals surface area contributed by atoms with Crippen molar-refractivity contribution in [1.29, 1.82) is 0 Å². The fourth-order valence-electron chi connectivity index (χ4n) is 0.974. The molecule has 1 aromatic heterocycles. The molecular formula is C11H13N. The Morgan fingerprint density at radius 1 is 1.50 bits per heavy atom. The first-order chi connectivity index (χ1) is 5.74. The fourth-order valence-corrected chi connectivity index (χ4v) is 0.974. The third-order valence-electron chi connectivity index (χ3n) is 1.73. The molecule has 0 unspecified atom stereocenters. The van der Waals surface area contributed by atoms with Crippen LogP contribution in [0.2, 0.25) is 0 Å². The van der Waals surface area contributed by atoms with Gasteiger partial charge < -0.3 is 0 Å². The molecule has 0 radical (unpaired) electrons. The molecule has 1 heteroatoms. The summed E-state index contributed by atoms with van der Waals surface area (Å²) in [6, 6.07) is 4.08. The molecule has 0 N–H and O–H groups in total. The molecule has 0 aliphatic carbocycles. The number of hydrogen-bond acceptors (Lipinski definition) is 1. The highest BCUT2D eigenvalue weighted by molar-refractivity contribution is 5.64. The minimum absolute atomic E-state index is 1.05. The van der Waals surface area contributed by atoms with Crippen molar-refractivity contribution >= 4 is 5.57 Å². The summed E-state index contributed by atoms with van der Waals surface area (Å²) >= 11 is 0. The standard InChI is InChI=1S/C11H13N/c1-4-5-9(2)11-7-6-10(3)12-8-11/h4-8H,1H2,2-3H3/b9-5+. The minimum atomic E-state index is 1.05. The SMILES string of the molecule is C=C/C=C(\C)c1ccc(C)nc1. The Morgan fingerprint density at radius 2 is 2.25 bits per heavy atom. The van der Waals surface area contributed by atoms with Gasteiger partial charge in [-0.25, -0.2) is 0 Å². The van der Waals surface area contributed by atoms with Crippen LogP contribution in [-0.4, -0.2) is 4.98 Å². The predicted molar refractivity (Wildman–Crippen MR) is 52.8 cm³/mol. The summed E-state index contributed by atoms with van der Waals surface area (Å²) in [7, 11) is 0. The van der Waals surface area contributed by atoms with Gasteiger partial charge in [0.1, 0.15) is 0 Å². The van der Waals surface area contributed by atoms with Gasteiger partial charge in [-0.05, 0) is 31.1 Å². The van der Waals surface area contributed by atoms with E-state index in [1.54, 1.807) is 6.08 Å². The zero-order valence-corrected chi connectivity index (χ0v) is 7.54. The Labute approximate surface area is 73.5 Å². The molecule has 0 saturated carbocycles. The van der Waals surface area contributed by atoms with Crippen molar-refractivity contribution < 1.29 is 0 Å². The quantitative estimate of drug-likeness (QED) is 0.604. The lowest BCUT2D eigenvalue weighted by molar-refractivity contribution is 1.19. The van der Waals surface area contributed by atoms with Crippen molar-refractivity contribution in [2.75, 3.05) is 0 Å². The molecule has 0 bridgehead atoms. The summed E-state index contributed by atoms with van der Waals surface area (Å²) < 4.78 is 0. The second-order valence-corrected chi connectivity index (χ2v) is 2.77. The number of aromatic nitrogens is 1. The van der Waals surface area contributed by atoms with Gasteiger partial charge in [-0.15, -0.1) is 0 Å². The van der Waals surface area contributed by atoms with Crippen LogP contribution < -0.4 is 0 Å². The average molecular weight is 159 g/mol. The lowest BCUT2D eigenvalue weighted by Crippen LogP contribution is -1.83. The van der Waals surface area contributed by atoms with Crippen LogP contribution in [0.15, 0.2) is 37.1 Å². The third-order valence-corrected chi connectivity index (χ3v) is 1.73. The van der Waals surface area contributed by atoms with Gasteiger partial charge in [0.15, 0.2) is 0 Å². The highest BCUT2D eigenvalue weighted by Gasteiger charge is 1.93. The van der Waals surface area contributed by atoms with E-state index in [0.717, 1.165) is 11.3 Å². The summed E-state index contributed by atoms with van der Waals surface area (Å²) in [5.41, 5.74) is 3.39. The zero-order chi connectivity index (χ0) is 8.97. The van der Waals surface area contributed by atoms with E-state index in [-0.39, 0.29) is 0 Å². The molecular weight excluding hydrogens is 146 g/mol. The highest BCUT2D eigenvalue weighted by atomic mass is 14.7. The van der Waals surface area contributed by atoms with Crippen LogP contribution in [-0.2, 0) is 0 Å². The Morgan fingerprint density at radius 3 is 2.75 bits per heavy atom. The number of nitrogens with zero attached hydrogens (tertiary/aromatic N) is 1. The molecule has 0 fully saturated rings. The van der Waals surface area contributed by atoms with Crippen LogP contribution >= 0.6 is 0 Å². The maximum atomic E-state index is 4.21. The van der Waals surface area contributed by atoms with Crippen LogP contribution in [0.25, 0.3) is 5.57 Å². The molecule has 0 saturated heterocycles. The van der Waals surface area contributed by atoms with Crippen LogP contribution in [0.5, 0.6) is 0 Å². The molecule has 1 rings (SSSR count). The van der Waals surface area contributed by atoms with Crippen LogP contribution in [0.1, 0.15) is 18.2 Å². The first-order valence-corrected chi connectivity index (χ1v) is 3.96. The predicted octanol–water partition coefficient (Wildman–Crippen LogP) is 2.98. The first kappa shape index (κ1) is 8.72. The van der Waals surface area contributed by atoms with Gasteiger partial charge in [0, 0.05) is 11.9 Å². The van der Waals surface area contributed by atoms with Gasteiger partial charge in [-0.1, -0.05) is 24.8 Å². The smallest absolute Gasteiger partial charge is 0.0373 e. The number of allylic oxidation sites excluding steroid dienone is 3. The van der Waals surface area contributed by atoms with E-state index in [1.807, 2.05) is 32.2 Å². The second-order valence-electron chi connectivity index (χ2n) is 2.77. The van der Waals surface area contributed by atoms with Crippen molar-refractivity contribution in [2.45, 2.75) is 13.8 Å². The Hall–Kier alpha value is -1.37. The van der Waals surface area contributed by atoms with Gasteiger partial charge in [-0.2, -0.15) is 0 Å². The fraction of sp³-hybridized carbons (Fsp3) is 0.182. The van der Waals surface area contributed by atoms with Crippen LogP contribution in [0.4, 0.5) is 0 Å². The van der Waals surface area contributed by atoms with Crippen molar-refractivity contribution in [2.24, 2.45) is 0 Å². The van der Waals surface area contributed by atoms with Crippen molar-refractivity contribution in [3.05, 3.63) is 48.3 Å². The molecule has 0 aliphatic rings. The number of rotatable bonds is 2. The van der Waals surface area contributed by atoms with E-state index < -0.39 is 0 Å². The molecule has 62 valence electrons. The largest absolute Gasteiger partial charge is 0.261 e. The molecule has 0 aromatic carbocycles. The summed E-state index contributed by atoms with van der Waals surface area (Å²) in [5, 5.41) is 0. The molecule has 0 aliphatic heterocycles. The second kappa shape index (κ2) is 3.86. The molecule has 1 heterocycles. The monoisotopic (exact) mass is 159 g/mol. The maximum absolute atomic E-state index is 4.21. The summed E-state index contributed by atoms with van der Waals surface area (Å²) in [5.74, 6) is 0. The summed E-state index contributed by atoms with van der Waals surface area (Å²) in [6.07, 6.45) is 5.65. The van der Waals surface area contributed by atoms with Gasteiger partial charge in [0.05, 0.1) is 0 Å².